The Morgan fingerprint density at radius 2 is 1.55 bits per heavy atom. The second-order valence-electron chi connectivity index (χ2n) is 15.5. The van der Waals surface area contributed by atoms with E-state index in [-0.39, 0.29) is 41.6 Å². The van der Waals surface area contributed by atoms with Crippen molar-refractivity contribution < 1.29 is 80.5 Å². The summed E-state index contributed by atoms with van der Waals surface area (Å²) in [6.45, 7) is 2.63. The molecule has 67 heavy (non-hydrogen) atoms. The first-order valence-electron chi connectivity index (χ1n) is 21.2. The van der Waals surface area contributed by atoms with Crippen molar-refractivity contribution >= 4 is 69.1 Å². The molecule has 0 saturated carbocycles. The van der Waals surface area contributed by atoms with Crippen LogP contribution >= 0.6 is 35.2 Å². The average molecular weight is 1030 g/mol. The number of unbranched alkanes of at least 4 members (excludes halogenated alkanes) is 2. The van der Waals surface area contributed by atoms with Crippen LogP contribution in [0.25, 0.3) is 11.2 Å². The number of nitrogens with zero attached hydrogens (tertiary/aromatic N) is 4. The minimum atomic E-state index is -5.58. The Hall–Kier alpha value is -3.48. The summed E-state index contributed by atoms with van der Waals surface area (Å²) >= 11 is 1.12. The van der Waals surface area contributed by atoms with Crippen LogP contribution in [0.1, 0.15) is 84.8 Å². The molecule has 28 heteroatoms. The summed E-state index contributed by atoms with van der Waals surface area (Å²) in [5, 5.41) is 26.6. The number of phosphoric acid groups is 3. The second-order valence-corrected chi connectivity index (χ2v) is 20.9. The number of carbonyl (C=O) groups is 3. The number of thioether (sulfide) groups is 1. The predicted octanol–water partition coefficient (Wildman–Crippen LogP) is 4.03. The smallest absolute Gasteiger partial charge is 0.386 e. The number of ether oxygens (including phenoxy) is 1. The van der Waals surface area contributed by atoms with Gasteiger partial charge in [-0.3, -0.25) is 32.5 Å². The minimum absolute atomic E-state index is 0.0244. The first-order chi connectivity index (χ1) is 31.6. The summed E-state index contributed by atoms with van der Waals surface area (Å²) in [5.41, 5.74) is 4.27. The molecular formula is C39H62N7O17P3S. The van der Waals surface area contributed by atoms with Crippen LogP contribution in [0.5, 0.6) is 0 Å². The lowest BCUT2D eigenvalue weighted by Gasteiger charge is -2.30. The van der Waals surface area contributed by atoms with E-state index in [9.17, 15) is 57.9 Å². The van der Waals surface area contributed by atoms with Crippen molar-refractivity contribution in [1.82, 2.24) is 30.2 Å². The third-order valence-electron chi connectivity index (χ3n) is 9.49. The Labute approximate surface area is 392 Å². The van der Waals surface area contributed by atoms with Gasteiger partial charge in [0.25, 0.3) is 0 Å². The molecule has 7 atom stereocenters. The summed E-state index contributed by atoms with van der Waals surface area (Å²) in [6, 6.07) is 0. The third kappa shape index (κ3) is 21.4. The standard InChI is InChI=1S/C39H62N7O17P3S/c1-4-5-6-7-8-9-10-11-12-13-14-15-16-17-18-19-30(48)67-23-22-41-29(47)20-21-42-37(51)34(50)39(2,3)25-60-66(57,58)63-65(55,56)59-24-28-33(62-64(52,53)54)32(49)38(61-28)46-27-45-31-35(40)43-26-44-36(31)46/h5-6,8-9,11-12,14-15,26-28,32-34,38,49-50H,4,7,10,13,16-25H2,1-3H3,(H,41,47)(H,42,51)(H,55,56)(H,57,58)(H2,40,43,44)(H2,52,53,54)/b6-5+,9-8+,12-11+,15-14+. The van der Waals surface area contributed by atoms with E-state index in [4.69, 9.17) is 19.5 Å². The van der Waals surface area contributed by atoms with Gasteiger partial charge in [0, 0.05) is 37.1 Å². The number of carbonyl (C=O) groups excluding carboxylic acids is 3. The summed E-state index contributed by atoms with van der Waals surface area (Å²) in [5.74, 6) is -1.08. The Morgan fingerprint density at radius 1 is 0.910 bits per heavy atom. The number of nitrogen functional groups attached to an aromatic ring is 1. The second kappa shape index (κ2) is 28.3. The number of fused-ring (bicyclic) bond motifs is 1. The van der Waals surface area contributed by atoms with Crippen molar-refractivity contribution in [3.8, 4) is 0 Å². The number of aliphatic hydroxyl groups is 2. The SMILES string of the molecule is CC/C=C/C/C=C/C/C=C/C/C=C/CCCCC(=O)SCCNC(=O)CCNC(=O)C(O)C(C)(C)COP(=O)(O)OP(=O)(O)OCC1OC(n2cnc3c(N)ncnc32)C(O)C1OP(=O)(O)O. The van der Waals surface area contributed by atoms with Crippen LogP contribution in [0.2, 0.25) is 0 Å². The van der Waals surface area contributed by atoms with Crippen LogP contribution in [0, 0.1) is 5.41 Å². The maximum absolute atomic E-state index is 12.7. The van der Waals surface area contributed by atoms with E-state index in [0.717, 1.165) is 73.9 Å². The van der Waals surface area contributed by atoms with Gasteiger partial charge in [-0.25, -0.2) is 28.6 Å². The molecule has 2 aromatic rings. The van der Waals surface area contributed by atoms with Crippen molar-refractivity contribution in [3.05, 3.63) is 61.3 Å². The number of aliphatic hydroxyl groups excluding tert-OH is 2. The van der Waals surface area contributed by atoms with Gasteiger partial charge in [-0.2, -0.15) is 4.31 Å². The summed E-state index contributed by atoms with van der Waals surface area (Å²) in [6.07, 6.45) is 16.9. The molecule has 0 aliphatic carbocycles. The highest BCUT2D eigenvalue weighted by Crippen LogP contribution is 2.61. The molecule has 376 valence electrons. The molecule has 1 saturated heterocycles. The van der Waals surface area contributed by atoms with Crippen LogP contribution in [0.3, 0.4) is 0 Å². The molecule has 2 amide bonds. The van der Waals surface area contributed by atoms with E-state index in [2.05, 4.69) is 90.0 Å². The van der Waals surface area contributed by atoms with Crippen molar-refractivity contribution in [3.63, 3.8) is 0 Å². The number of nitrogens with two attached hydrogens (primary N) is 1. The van der Waals surface area contributed by atoms with Gasteiger partial charge in [-0.1, -0.05) is 81.1 Å². The van der Waals surface area contributed by atoms with Crippen LogP contribution < -0.4 is 16.4 Å². The molecule has 1 aliphatic rings. The van der Waals surface area contributed by atoms with E-state index >= 15 is 0 Å². The van der Waals surface area contributed by atoms with Gasteiger partial charge in [0.05, 0.1) is 19.5 Å². The fourth-order valence-corrected chi connectivity index (χ4v) is 9.55. The number of allylic oxidation sites excluding steroid dienone is 8. The average Bonchev–Trinajstić information content (AvgIpc) is 3.81. The number of anilines is 1. The normalized spacial score (nSPS) is 20.6. The Morgan fingerprint density at radius 3 is 2.21 bits per heavy atom. The molecule has 0 spiro atoms. The zero-order valence-electron chi connectivity index (χ0n) is 37.3. The monoisotopic (exact) mass is 1030 g/mol. The first-order valence-corrected chi connectivity index (χ1v) is 26.7. The van der Waals surface area contributed by atoms with Gasteiger partial charge in [-0.05, 0) is 44.9 Å². The molecule has 0 bridgehead atoms. The number of rotatable bonds is 31. The molecule has 7 unspecified atom stereocenters. The minimum Gasteiger partial charge on any atom is -0.386 e. The molecule has 0 radical (unpaired) electrons. The van der Waals surface area contributed by atoms with Crippen molar-refractivity contribution in [2.45, 2.75) is 109 Å². The molecule has 24 nitrogen and oxygen atoms in total. The number of phosphoric ester groups is 3. The summed E-state index contributed by atoms with van der Waals surface area (Å²) in [4.78, 5) is 88.3. The predicted molar refractivity (Wildman–Crippen MR) is 246 cm³/mol. The highest BCUT2D eigenvalue weighted by atomic mass is 32.2. The summed E-state index contributed by atoms with van der Waals surface area (Å²) in [7, 11) is -16.4. The highest BCUT2D eigenvalue weighted by Gasteiger charge is 2.50. The fraction of sp³-hybridized carbons (Fsp3) is 0.590. The number of hydrogen-bond acceptors (Lipinski definition) is 18. The molecule has 1 fully saturated rings. The molecular weight excluding hydrogens is 963 g/mol. The van der Waals surface area contributed by atoms with Gasteiger partial charge in [-0.15, -0.1) is 0 Å². The van der Waals surface area contributed by atoms with E-state index < -0.39 is 84.6 Å². The van der Waals surface area contributed by atoms with Crippen molar-refractivity contribution in [2.75, 3.05) is 37.8 Å². The van der Waals surface area contributed by atoms with E-state index in [1.807, 2.05) is 0 Å². The van der Waals surface area contributed by atoms with Gasteiger partial charge in [0.15, 0.2) is 22.8 Å². The first kappa shape index (κ1) is 57.8. The van der Waals surface area contributed by atoms with Crippen LogP contribution in [0.4, 0.5) is 5.82 Å². The van der Waals surface area contributed by atoms with Crippen molar-refractivity contribution in [2.24, 2.45) is 5.41 Å². The zero-order chi connectivity index (χ0) is 49.7. The van der Waals surface area contributed by atoms with Gasteiger partial charge >= 0.3 is 23.5 Å². The Balaban J connectivity index is 1.32. The molecule has 1 aliphatic heterocycles. The maximum atomic E-state index is 12.7. The highest BCUT2D eigenvalue weighted by molar-refractivity contribution is 8.13. The van der Waals surface area contributed by atoms with Gasteiger partial charge in [0.1, 0.15) is 36.3 Å². The quantitative estimate of drug-likeness (QED) is 0.0292. The van der Waals surface area contributed by atoms with E-state index in [1.54, 1.807) is 0 Å². The van der Waals surface area contributed by atoms with Crippen LogP contribution in [-0.4, -0.2) is 123 Å². The fourth-order valence-electron chi connectivity index (χ4n) is 6.00. The van der Waals surface area contributed by atoms with Crippen molar-refractivity contribution in [1.29, 1.82) is 0 Å². The maximum Gasteiger partial charge on any atom is 0.481 e. The third-order valence-corrected chi connectivity index (χ3v) is 13.5. The molecule has 0 aromatic carbocycles. The molecule has 10 N–H and O–H groups in total. The topological polar surface area (TPSA) is 364 Å². The molecule has 3 rings (SSSR count). The van der Waals surface area contributed by atoms with Gasteiger partial charge < -0.3 is 50.9 Å². The van der Waals surface area contributed by atoms with Crippen LogP contribution in [0.15, 0.2) is 61.3 Å². The number of nitrogens with one attached hydrogen (secondary N) is 2. The van der Waals surface area contributed by atoms with Gasteiger partial charge in [0.2, 0.25) is 11.8 Å². The Bertz CT molecular complexity index is 2190. The number of aromatic nitrogens is 4. The zero-order valence-corrected chi connectivity index (χ0v) is 40.8. The van der Waals surface area contributed by atoms with E-state index in [1.165, 1.54) is 13.8 Å². The molecule has 3 heterocycles. The number of amides is 2. The van der Waals surface area contributed by atoms with E-state index in [0.29, 0.717) is 12.2 Å². The van der Waals surface area contributed by atoms with Crippen LogP contribution in [-0.2, 0) is 50.7 Å². The number of imidazole rings is 1. The lowest BCUT2D eigenvalue weighted by molar-refractivity contribution is -0.137. The lowest BCUT2D eigenvalue weighted by atomic mass is 9.87. The summed E-state index contributed by atoms with van der Waals surface area (Å²) < 4.78 is 62.4. The molecule has 2 aromatic heterocycles. The number of hydrogen-bond donors (Lipinski definition) is 9. The largest absolute Gasteiger partial charge is 0.481 e. The lowest BCUT2D eigenvalue weighted by Crippen LogP contribution is -2.46. The Kier molecular flexibility index (Phi) is 24.4.